The van der Waals surface area contributed by atoms with E-state index in [1.165, 1.54) is 18.9 Å². The van der Waals surface area contributed by atoms with Gasteiger partial charge in [0.15, 0.2) is 6.40 Å². The van der Waals surface area contributed by atoms with Crippen LogP contribution in [0.1, 0.15) is 11.3 Å². The summed E-state index contributed by atoms with van der Waals surface area (Å²) in [5, 5.41) is 1.12. The molecule has 0 radical (unpaired) electrons. The molecule has 1 amide bonds. The first kappa shape index (κ1) is 19.5. The van der Waals surface area contributed by atoms with Gasteiger partial charge < -0.3 is 25.1 Å². The largest absolute Gasteiger partial charge is 0.453 e. The third-order valence-corrected chi connectivity index (χ3v) is 4.71. The van der Waals surface area contributed by atoms with Gasteiger partial charge in [-0.05, 0) is 29.8 Å². The zero-order valence-corrected chi connectivity index (χ0v) is 16.3. The van der Waals surface area contributed by atoms with Crippen molar-refractivity contribution in [2.45, 2.75) is 12.7 Å². The molecule has 3 heterocycles. The zero-order chi connectivity index (χ0) is 20.8. The van der Waals surface area contributed by atoms with E-state index < -0.39 is 5.91 Å². The van der Waals surface area contributed by atoms with E-state index in [-0.39, 0.29) is 6.10 Å². The van der Waals surface area contributed by atoms with Crippen LogP contribution < -0.4 is 5.73 Å². The lowest BCUT2D eigenvalue weighted by Crippen LogP contribution is -2.26. The number of aromatic amines is 1. The van der Waals surface area contributed by atoms with E-state index in [1.807, 2.05) is 36.4 Å². The summed E-state index contributed by atoms with van der Waals surface area (Å²) in [4.78, 5) is 20.9. The van der Waals surface area contributed by atoms with E-state index in [0.29, 0.717) is 18.8 Å². The first-order valence-corrected chi connectivity index (χ1v) is 9.55. The molecule has 7 nitrogen and oxygen atoms in total. The number of nitrogens with one attached hydrogen (secondary N) is 1. The highest BCUT2D eigenvalue weighted by Crippen LogP contribution is 2.23. The number of amides is 1. The average molecular weight is 402 g/mol. The number of rotatable bonds is 1. The number of hydrogen-bond donors (Lipinski definition) is 2. The van der Waals surface area contributed by atoms with Crippen molar-refractivity contribution in [1.82, 2.24) is 9.88 Å². The van der Waals surface area contributed by atoms with Crippen molar-refractivity contribution in [3.05, 3.63) is 90.3 Å². The highest BCUT2D eigenvalue weighted by atomic mass is 16.5. The minimum Gasteiger partial charge on any atom is -0.453 e. The van der Waals surface area contributed by atoms with Gasteiger partial charge in [-0.1, -0.05) is 36.4 Å². The van der Waals surface area contributed by atoms with E-state index >= 15 is 0 Å². The molecule has 152 valence electrons. The number of aliphatic imine (C=N–C) groups is 1. The molecule has 1 atom stereocenters. The third kappa shape index (κ3) is 4.59. The van der Waals surface area contributed by atoms with Gasteiger partial charge in [0.05, 0.1) is 25.5 Å². The molecule has 3 N–H and O–H groups in total. The quantitative estimate of drug-likeness (QED) is 0.765. The molecule has 7 heteroatoms. The number of fused-ring (bicyclic) bond motifs is 3. The van der Waals surface area contributed by atoms with Crippen LogP contribution in [-0.4, -0.2) is 34.8 Å². The number of H-pyrrole nitrogens is 1. The lowest BCUT2D eigenvalue weighted by molar-refractivity contribution is -0.115. The maximum Gasteiger partial charge on any atom is 0.265 e. The van der Waals surface area contributed by atoms with Crippen LogP contribution in [0.15, 0.2) is 84.0 Å². The normalized spacial score (nSPS) is 19.3. The Bertz CT molecular complexity index is 1100. The number of benzene rings is 1. The van der Waals surface area contributed by atoms with E-state index in [4.69, 9.17) is 15.2 Å². The summed E-state index contributed by atoms with van der Waals surface area (Å²) in [5.74, 6) is -0.513. The molecule has 1 unspecified atom stereocenters. The number of nitrogens with two attached hydrogens (primary N) is 1. The van der Waals surface area contributed by atoms with Crippen molar-refractivity contribution < 1.29 is 14.3 Å². The first-order valence-electron chi connectivity index (χ1n) is 9.55. The molecule has 2 aromatic rings. The zero-order valence-electron chi connectivity index (χ0n) is 16.3. The summed E-state index contributed by atoms with van der Waals surface area (Å²) in [6, 6.07) is 8.20. The number of ether oxygens (including phenoxy) is 2. The molecule has 0 fully saturated rings. The third-order valence-electron chi connectivity index (χ3n) is 4.71. The van der Waals surface area contributed by atoms with Gasteiger partial charge in [0.25, 0.3) is 5.91 Å². The van der Waals surface area contributed by atoms with Crippen LogP contribution in [0.25, 0.3) is 17.0 Å². The number of aromatic nitrogens is 1. The Hall–Kier alpha value is -3.84. The maximum absolute atomic E-state index is 11.8. The molecule has 2 aliphatic rings. The topological polar surface area (TPSA) is 92.9 Å². The average Bonchev–Trinajstić information content (AvgIpc) is 3.34. The van der Waals surface area contributed by atoms with E-state index in [9.17, 15) is 4.79 Å². The van der Waals surface area contributed by atoms with Crippen LogP contribution in [0.5, 0.6) is 0 Å². The molecule has 4 bridgehead atoms. The minimum absolute atomic E-state index is 0.262. The lowest BCUT2D eigenvalue weighted by atomic mass is 10.1. The number of primary amides is 1. The standard InChI is InChI=1S/C23H22N4O3/c24-23(28)22-13-19-14-27(22)10-9-25-16-29-11-4-2-1-3-6-17-7-5-8-21-20(17)12-18(26-21)15-30-19/h1-13,16,19,26H,14-15H2,(H2,24,28). The van der Waals surface area contributed by atoms with Crippen LogP contribution >= 0.6 is 0 Å². The minimum atomic E-state index is -0.513. The van der Waals surface area contributed by atoms with Gasteiger partial charge in [-0.2, -0.15) is 0 Å². The summed E-state index contributed by atoms with van der Waals surface area (Å²) in [6.45, 7) is 0.864. The van der Waals surface area contributed by atoms with Crippen molar-refractivity contribution in [3.8, 4) is 0 Å². The van der Waals surface area contributed by atoms with Crippen LogP contribution in [0, 0.1) is 0 Å². The summed E-state index contributed by atoms with van der Waals surface area (Å²) in [6.07, 6.45) is 17.1. The molecule has 2 aliphatic heterocycles. The predicted octanol–water partition coefficient (Wildman–Crippen LogP) is 3.35. The van der Waals surface area contributed by atoms with Gasteiger partial charge in [0.1, 0.15) is 5.70 Å². The summed E-state index contributed by atoms with van der Waals surface area (Å²) in [7, 11) is 0. The molecule has 1 aromatic heterocycles. The Balaban J connectivity index is 1.62. The number of nitrogens with zero attached hydrogens (tertiary/aromatic N) is 2. The van der Waals surface area contributed by atoms with Crippen molar-refractivity contribution >= 4 is 29.3 Å². The highest BCUT2D eigenvalue weighted by molar-refractivity contribution is 5.92. The summed E-state index contributed by atoms with van der Waals surface area (Å²) in [5.41, 5.74) is 8.99. The van der Waals surface area contributed by atoms with E-state index in [2.05, 4.69) is 22.1 Å². The van der Waals surface area contributed by atoms with Crippen LogP contribution in [-0.2, 0) is 20.9 Å². The second kappa shape index (κ2) is 9.11. The van der Waals surface area contributed by atoms with Gasteiger partial charge in [-0.25, -0.2) is 4.99 Å². The van der Waals surface area contributed by atoms with Crippen LogP contribution in [0.2, 0.25) is 0 Å². The van der Waals surface area contributed by atoms with Gasteiger partial charge in [-0.15, -0.1) is 0 Å². The van der Waals surface area contributed by atoms with Crippen molar-refractivity contribution in [3.63, 3.8) is 0 Å². The lowest BCUT2D eigenvalue weighted by Gasteiger charge is -2.16. The molecule has 0 spiro atoms. The monoisotopic (exact) mass is 402 g/mol. The van der Waals surface area contributed by atoms with Gasteiger partial charge >= 0.3 is 0 Å². The Labute approximate surface area is 174 Å². The first-order chi connectivity index (χ1) is 14.7. The van der Waals surface area contributed by atoms with Gasteiger partial charge in [-0.3, -0.25) is 4.79 Å². The maximum atomic E-state index is 11.8. The Morgan fingerprint density at radius 3 is 3.03 bits per heavy atom. The number of allylic oxidation sites excluding steroid dienone is 4. The van der Waals surface area contributed by atoms with Gasteiger partial charge in [0.2, 0.25) is 0 Å². The van der Waals surface area contributed by atoms with Gasteiger partial charge in [0, 0.05) is 29.0 Å². The summed E-state index contributed by atoms with van der Waals surface area (Å²) >= 11 is 0. The molecule has 0 aliphatic carbocycles. The predicted molar refractivity (Wildman–Crippen MR) is 117 cm³/mol. The molecule has 0 saturated heterocycles. The second-order valence-corrected chi connectivity index (χ2v) is 6.78. The van der Waals surface area contributed by atoms with E-state index in [0.717, 1.165) is 22.2 Å². The second-order valence-electron chi connectivity index (χ2n) is 6.78. The fourth-order valence-electron chi connectivity index (χ4n) is 3.34. The number of carbonyl (C=O) groups excluding carboxylic acids is 1. The fraction of sp³-hybridized carbons (Fsp3) is 0.130. The molecule has 4 rings (SSSR count). The molecular weight excluding hydrogens is 380 g/mol. The van der Waals surface area contributed by atoms with Crippen LogP contribution in [0.3, 0.4) is 0 Å². The smallest absolute Gasteiger partial charge is 0.265 e. The molecule has 0 saturated carbocycles. The molecular formula is C23H22N4O3. The SMILES string of the molecule is NC(=O)C1=CC2CN1C=CN=COC=CC=CC=Cc1cccc3[nH]c(cc13)CO2. The van der Waals surface area contributed by atoms with Crippen LogP contribution in [0.4, 0.5) is 0 Å². The Morgan fingerprint density at radius 2 is 2.13 bits per heavy atom. The van der Waals surface area contributed by atoms with Crippen molar-refractivity contribution in [1.29, 1.82) is 0 Å². The molecule has 1 aromatic carbocycles. The van der Waals surface area contributed by atoms with E-state index in [1.54, 1.807) is 23.3 Å². The van der Waals surface area contributed by atoms with Crippen molar-refractivity contribution in [2.24, 2.45) is 10.7 Å². The summed E-state index contributed by atoms with van der Waals surface area (Å²) < 4.78 is 11.2. The Morgan fingerprint density at radius 1 is 1.23 bits per heavy atom. The fourth-order valence-corrected chi connectivity index (χ4v) is 3.34. The Kier molecular flexibility index (Phi) is 5.91. The molecule has 30 heavy (non-hydrogen) atoms. The highest BCUT2D eigenvalue weighted by Gasteiger charge is 2.26. The number of carbonyl (C=O) groups is 1. The number of hydrogen-bond acceptors (Lipinski definition) is 5. The van der Waals surface area contributed by atoms with Crippen molar-refractivity contribution in [2.75, 3.05) is 6.54 Å².